The second-order valence-corrected chi connectivity index (χ2v) is 4.64. The third-order valence-corrected chi connectivity index (χ3v) is 3.14. The van der Waals surface area contributed by atoms with Crippen molar-refractivity contribution < 1.29 is 4.74 Å². The van der Waals surface area contributed by atoms with Crippen LogP contribution in [-0.4, -0.2) is 30.2 Å². The van der Waals surface area contributed by atoms with Crippen molar-refractivity contribution >= 4 is 5.82 Å². The first-order chi connectivity index (χ1) is 10.3. The summed E-state index contributed by atoms with van der Waals surface area (Å²) < 4.78 is 5.20. The summed E-state index contributed by atoms with van der Waals surface area (Å²) in [5, 5.41) is 0. The number of aromatic amines is 1. The number of nitrogens with zero attached hydrogens (tertiary/aromatic N) is 2. The Labute approximate surface area is 123 Å². The first kappa shape index (κ1) is 15.1. The highest BCUT2D eigenvalue weighted by atomic mass is 16.5. The Bertz CT molecular complexity index is 613. The zero-order chi connectivity index (χ0) is 15.1. The molecule has 0 fully saturated rings. The normalized spacial score (nSPS) is 10.4. The Morgan fingerprint density at radius 3 is 2.76 bits per heavy atom. The van der Waals surface area contributed by atoms with Crippen molar-refractivity contribution in [2.75, 3.05) is 25.1 Å². The first-order valence-corrected chi connectivity index (χ1v) is 6.87. The van der Waals surface area contributed by atoms with Crippen LogP contribution in [0.25, 0.3) is 0 Å². The SMILES string of the molecule is COc1c(N(CCCN)Cc2ccccc2)nc[nH]c1=O. The van der Waals surface area contributed by atoms with E-state index in [1.807, 2.05) is 35.2 Å². The van der Waals surface area contributed by atoms with Gasteiger partial charge in [-0.05, 0) is 18.5 Å². The minimum atomic E-state index is -0.284. The number of hydrogen-bond acceptors (Lipinski definition) is 5. The van der Waals surface area contributed by atoms with Crippen LogP contribution in [0.15, 0.2) is 41.5 Å². The maximum absolute atomic E-state index is 11.8. The van der Waals surface area contributed by atoms with Crippen molar-refractivity contribution in [3.63, 3.8) is 0 Å². The molecule has 0 aliphatic carbocycles. The molecule has 2 aromatic rings. The molecule has 0 bridgehead atoms. The van der Waals surface area contributed by atoms with Crippen LogP contribution >= 0.6 is 0 Å². The van der Waals surface area contributed by atoms with Crippen molar-refractivity contribution in [1.29, 1.82) is 0 Å². The number of rotatable bonds is 7. The molecule has 1 aromatic carbocycles. The van der Waals surface area contributed by atoms with Crippen molar-refractivity contribution in [3.8, 4) is 5.75 Å². The van der Waals surface area contributed by atoms with Gasteiger partial charge < -0.3 is 20.4 Å². The minimum Gasteiger partial charge on any atom is -0.489 e. The van der Waals surface area contributed by atoms with Gasteiger partial charge in [0.2, 0.25) is 5.75 Å². The summed E-state index contributed by atoms with van der Waals surface area (Å²) >= 11 is 0. The maximum atomic E-state index is 11.8. The fraction of sp³-hybridized carbons (Fsp3) is 0.333. The summed E-state index contributed by atoms with van der Waals surface area (Å²) in [6, 6.07) is 10.0. The largest absolute Gasteiger partial charge is 0.489 e. The third-order valence-electron chi connectivity index (χ3n) is 3.14. The fourth-order valence-corrected chi connectivity index (χ4v) is 2.13. The molecule has 0 saturated carbocycles. The van der Waals surface area contributed by atoms with Gasteiger partial charge in [-0.25, -0.2) is 4.98 Å². The topological polar surface area (TPSA) is 84.2 Å². The molecule has 21 heavy (non-hydrogen) atoms. The second-order valence-electron chi connectivity index (χ2n) is 4.64. The van der Waals surface area contributed by atoms with Gasteiger partial charge in [-0.1, -0.05) is 30.3 Å². The zero-order valence-corrected chi connectivity index (χ0v) is 12.1. The minimum absolute atomic E-state index is 0.227. The second kappa shape index (κ2) is 7.44. The molecule has 112 valence electrons. The van der Waals surface area contributed by atoms with E-state index in [4.69, 9.17) is 10.5 Å². The van der Waals surface area contributed by atoms with E-state index in [1.165, 1.54) is 13.4 Å². The van der Waals surface area contributed by atoms with Crippen LogP contribution in [0.4, 0.5) is 5.82 Å². The third kappa shape index (κ3) is 3.82. The number of benzene rings is 1. The Balaban J connectivity index is 2.31. The van der Waals surface area contributed by atoms with Crippen molar-refractivity contribution in [3.05, 3.63) is 52.6 Å². The highest BCUT2D eigenvalue weighted by Gasteiger charge is 2.16. The molecule has 0 amide bonds. The number of hydrogen-bond donors (Lipinski definition) is 2. The van der Waals surface area contributed by atoms with Gasteiger partial charge in [0.25, 0.3) is 5.56 Å². The number of nitrogens with one attached hydrogen (secondary N) is 1. The van der Waals surface area contributed by atoms with Gasteiger partial charge in [0.15, 0.2) is 5.82 Å². The average molecular weight is 288 g/mol. The quantitative estimate of drug-likeness (QED) is 0.798. The molecule has 0 atom stereocenters. The summed E-state index contributed by atoms with van der Waals surface area (Å²) in [5.41, 5.74) is 6.46. The summed E-state index contributed by atoms with van der Waals surface area (Å²) in [6.45, 7) is 1.93. The van der Waals surface area contributed by atoms with E-state index in [0.717, 1.165) is 12.0 Å². The molecule has 3 N–H and O–H groups in total. The Morgan fingerprint density at radius 2 is 2.10 bits per heavy atom. The summed E-state index contributed by atoms with van der Waals surface area (Å²) in [6.07, 6.45) is 2.20. The molecule has 6 nitrogen and oxygen atoms in total. The van der Waals surface area contributed by atoms with E-state index >= 15 is 0 Å². The molecule has 0 aliphatic heterocycles. The van der Waals surface area contributed by atoms with E-state index in [1.54, 1.807) is 0 Å². The molecule has 0 unspecified atom stereocenters. The number of H-pyrrole nitrogens is 1. The smallest absolute Gasteiger partial charge is 0.295 e. The summed E-state index contributed by atoms with van der Waals surface area (Å²) in [4.78, 5) is 20.6. The van der Waals surface area contributed by atoms with Gasteiger partial charge in [0.05, 0.1) is 13.4 Å². The van der Waals surface area contributed by atoms with Crippen molar-refractivity contribution in [2.45, 2.75) is 13.0 Å². The zero-order valence-electron chi connectivity index (χ0n) is 12.1. The number of methoxy groups -OCH3 is 1. The molecule has 0 spiro atoms. The van der Waals surface area contributed by atoms with Gasteiger partial charge in [-0.15, -0.1) is 0 Å². The summed E-state index contributed by atoms with van der Waals surface area (Å²) in [5.74, 6) is 0.768. The molecular formula is C15H20N4O2. The number of aromatic nitrogens is 2. The lowest BCUT2D eigenvalue weighted by atomic mass is 10.2. The van der Waals surface area contributed by atoms with Crippen LogP contribution in [0.3, 0.4) is 0 Å². The molecular weight excluding hydrogens is 268 g/mol. The molecule has 0 aliphatic rings. The number of nitrogens with two attached hydrogens (primary N) is 1. The van der Waals surface area contributed by atoms with Crippen LogP contribution in [0, 0.1) is 0 Å². The first-order valence-electron chi connectivity index (χ1n) is 6.87. The average Bonchev–Trinajstić information content (AvgIpc) is 2.52. The maximum Gasteiger partial charge on any atom is 0.295 e. The molecule has 0 saturated heterocycles. The van der Waals surface area contributed by atoms with Crippen LogP contribution in [0.5, 0.6) is 5.75 Å². The predicted octanol–water partition coefficient (Wildman–Crippen LogP) is 1.13. The van der Waals surface area contributed by atoms with Gasteiger partial charge in [-0.3, -0.25) is 4.79 Å². The fourth-order valence-electron chi connectivity index (χ4n) is 2.13. The van der Waals surface area contributed by atoms with E-state index in [2.05, 4.69) is 9.97 Å². The Hall–Kier alpha value is -2.34. The highest BCUT2D eigenvalue weighted by molar-refractivity contribution is 5.51. The Morgan fingerprint density at radius 1 is 1.33 bits per heavy atom. The van der Waals surface area contributed by atoms with Crippen molar-refractivity contribution in [2.24, 2.45) is 5.73 Å². The lowest BCUT2D eigenvalue weighted by molar-refractivity contribution is 0.405. The van der Waals surface area contributed by atoms with Crippen LogP contribution in [0.2, 0.25) is 0 Å². The standard InChI is InChI=1S/C15H20N4O2/c1-21-13-14(17-11-18-15(13)20)19(9-5-8-16)10-12-6-3-2-4-7-12/h2-4,6-7,11H,5,8-10,16H2,1H3,(H,17,18,20). The summed E-state index contributed by atoms with van der Waals surface area (Å²) in [7, 11) is 1.47. The molecule has 2 rings (SSSR count). The molecule has 1 aromatic heterocycles. The van der Waals surface area contributed by atoms with Gasteiger partial charge in [-0.2, -0.15) is 0 Å². The highest BCUT2D eigenvalue weighted by Crippen LogP contribution is 2.22. The van der Waals surface area contributed by atoms with Crippen molar-refractivity contribution in [1.82, 2.24) is 9.97 Å². The lowest BCUT2D eigenvalue weighted by Crippen LogP contribution is -2.29. The van der Waals surface area contributed by atoms with Gasteiger partial charge >= 0.3 is 0 Å². The lowest BCUT2D eigenvalue weighted by Gasteiger charge is -2.24. The Kier molecular flexibility index (Phi) is 5.34. The van der Waals surface area contributed by atoms with E-state index in [9.17, 15) is 4.79 Å². The molecule has 6 heteroatoms. The monoisotopic (exact) mass is 288 g/mol. The molecule has 0 radical (unpaired) electrons. The van der Waals surface area contributed by atoms with Gasteiger partial charge in [0, 0.05) is 13.1 Å². The van der Waals surface area contributed by atoms with Crippen LogP contribution in [-0.2, 0) is 6.54 Å². The van der Waals surface area contributed by atoms with E-state index < -0.39 is 0 Å². The van der Waals surface area contributed by atoms with E-state index in [-0.39, 0.29) is 11.3 Å². The van der Waals surface area contributed by atoms with Gasteiger partial charge in [0.1, 0.15) is 0 Å². The predicted molar refractivity (Wildman–Crippen MR) is 82.6 cm³/mol. The number of anilines is 1. The number of ether oxygens (including phenoxy) is 1. The van der Waals surface area contributed by atoms with Crippen LogP contribution in [0.1, 0.15) is 12.0 Å². The van der Waals surface area contributed by atoms with Crippen LogP contribution < -0.4 is 20.9 Å². The van der Waals surface area contributed by atoms with E-state index in [0.29, 0.717) is 25.5 Å². The molecule has 1 heterocycles.